The second-order valence-corrected chi connectivity index (χ2v) is 5.06. The highest BCUT2D eigenvalue weighted by atomic mass is 19.1. The maximum Gasteiger partial charge on any atom is 0.341 e. The molecular formula is C15H18FN3O2. The fourth-order valence-corrected chi connectivity index (χ4v) is 2.03. The van der Waals surface area contributed by atoms with Crippen LogP contribution >= 0.6 is 0 Å². The van der Waals surface area contributed by atoms with Gasteiger partial charge in [-0.1, -0.05) is 6.07 Å². The van der Waals surface area contributed by atoms with E-state index in [0.717, 1.165) is 0 Å². The van der Waals surface area contributed by atoms with Crippen molar-refractivity contribution in [2.45, 2.75) is 13.5 Å². The molecule has 2 rings (SSSR count). The fourth-order valence-electron chi connectivity index (χ4n) is 2.03. The lowest BCUT2D eigenvalue weighted by molar-refractivity contribution is 0.0471. The predicted octanol–water partition coefficient (Wildman–Crippen LogP) is 2.29. The molecule has 1 aromatic carbocycles. The van der Waals surface area contributed by atoms with Crippen LogP contribution in [-0.2, 0) is 18.4 Å². The zero-order chi connectivity index (χ0) is 15.6. The number of carbonyl (C=O) groups excluding carboxylic acids is 1. The van der Waals surface area contributed by atoms with Crippen LogP contribution in [0.1, 0.15) is 21.6 Å². The Kier molecular flexibility index (Phi) is 4.26. The van der Waals surface area contributed by atoms with E-state index >= 15 is 0 Å². The van der Waals surface area contributed by atoms with Gasteiger partial charge in [0, 0.05) is 27.3 Å². The van der Waals surface area contributed by atoms with Crippen LogP contribution in [0.4, 0.5) is 10.1 Å². The molecule has 2 aromatic rings. The van der Waals surface area contributed by atoms with Crippen LogP contribution in [-0.4, -0.2) is 29.8 Å². The van der Waals surface area contributed by atoms with Crippen molar-refractivity contribution in [2.24, 2.45) is 7.05 Å². The third-order valence-corrected chi connectivity index (χ3v) is 3.10. The van der Waals surface area contributed by atoms with Crippen molar-refractivity contribution in [3.05, 3.63) is 47.0 Å². The summed E-state index contributed by atoms with van der Waals surface area (Å²) in [6.45, 7) is 1.76. The average molecular weight is 291 g/mol. The monoisotopic (exact) mass is 291 g/mol. The van der Waals surface area contributed by atoms with Crippen molar-refractivity contribution in [1.29, 1.82) is 0 Å². The Balaban J connectivity index is 2.05. The first kappa shape index (κ1) is 15.0. The first-order valence-corrected chi connectivity index (χ1v) is 6.51. The molecule has 0 saturated heterocycles. The van der Waals surface area contributed by atoms with Gasteiger partial charge in [0.15, 0.2) is 0 Å². The molecule has 0 N–H and O–H groups in total. The molecule has 112 valence electrons. The quantitative estimate of drug-likeness (QED) is 0.811. The van der Waals surface area contributed by atoms with Gasteiger partial charge in [0.1, 0.15) is 18.0 Å². The number of hydrogen-bond acceptors (Lipinski definition) is 4. The normalized spacial score (nSPS) is 10.5. The van der Waals surface area contributed by atoms with E-state index < -0.39 is 5.97 Å². The minimum Gasteiger partial charge on any atom is -0.457 e. The lowest BCUT2D eigenvalue weighted by Gasteiger charge is -2.14. The Hall–Kier alpha value is -2.37. The Morgan fingerprint density at radius 1 is 1.43 bits per heavy atom. The van der Waals surface area contributed by atoms with Crippen LogP contribution in [0.15, 0.2) is 24.4 Å². The number of hydrogen-bond donors (Lipinski definition) is 0. The molecule has 0 aliphatic carbocycles. The number of carbonyl (C=O) groups is 1. The molecule has 5 nitrogen and oxygen atoms in total. The first-order valence-electron chi connectivity index (χ1n) is 6.51. The molecule has 0 saturated carbocycles. The topological polar surface area (TPSA) is 47.4 Å². The molecule has 0 spiro atoms. The van der Waals surface area contributed by atoms with E-state index in [2.05, 4.69) is 5.10 Å². The third-order valence-electron chi connectivity index (χ3n) is 3.10. The molecule has 0 unspecified atom stereocenters. The second kappa shape index (κ2) is 5.95. The minimum atomic E-state index is -0.460. The predicted molar refractivity (Wildman–Crippen MR) is 77.8 cm³/mol. The van der Waals surface area contributed by atoms with Gasteiger partial charge in [-0.2, -0.15) is 5.10 Å². The summed E-state index contributed by atoms with van der Waals surface area (Å²) < 4.78 is 20.6. The van der Waals surface area contributed by atoms with Gasteiger partial charge in [-0.3, -0.25) is 4.68 Å². The van der Waals surface area contributed by atoms with Gasteiger partial charge >= 0.3 is 5.97 Å². The van der Waals surface area contributed by atoms with Gasteiger partial charge in [0.25, 0.3) is 0 Å². The third kappa shape index (κ3) is 3.39. The van der Waals surface area contributed by atoms with E-state index in [-0.39, 0.29) is 12.4 Å². The number of rotatable bonds is 4. The van der Waals surface area contributed by atoms with Crippen molar-refractivity contribution >= 4 is 11.7 Å². The van der Waals surface area contributed by atoms with E-state index in [4.69, 9.17) is 4.74 Å². The van der Waals surface area contributed by atoms with Gasteiger partial charge in [-0.05, 0) is 24.6 Å². The zero-order valence-electron chi connectivity index (χ0n) is 12.6. The van der Waals surface area contributed by atoms with Gasteiger partial charge < -0.3 is 9.64 Å². The lowest BCUT2D eigenvalue weighted by Crippen LogP contribution is -2.11. The summed E-state index contributed by atoms with van der Waals surface area (Å²) in [5.74, 6) is -0.802. The van der Waals surface area contributed by atoms with Gasteiger partial charge in [-0.25, -0.2) is 9.18 Å². The van der Waals surface area contributed by atoms with E-state index in [9.17, 15) is 9.18 Å². The minimum absolute atomic E-state index is 0.0256. The van der Waals surface area contributed by atoms with Crippen LogP contribution in [0.25, 0.3) is 0 Å². The van der Waals surface area contributed by atoms with Gasteiger partial charge in [0.2, 0.25) is 0 Å². The number of halogens is 1. The molecule has 0 aliphatic rings. The van der Waals surface area contributed by atoms with E-state index in [1.807, 2.05) is 0 Å². The summed E-state index contributed by atoms with van der Waals surface area (Å²) in [4.78, 5) is 13.6. The summed E-state index contributed by atoms with van der Waals surface area (Å²) in [7, 11) is 5.27. The Labute approximate surface area is 122 Å². The highest BCUT2D eigenvalue weighted by Gasteiger charge is 2.14. The smallest absolute Gasteiger partial charge is 0.341 e. The molecule has 21 heavy (non-hydrogen) atoms. The molecule has 1 heterocycles. The van der Waals surface area contributed by atoms with E-state index in [1.165, 1.54) is 6.07 Å². The maximum atomic E-state index is 13.8. The molecular weight excluding hydrogens is 273 g/mol. The SMILES string of the molecule is Cc1nn(C)cc1C(=O)OCc1ccc(N(C)C)c(F)c1. The van der Waals surface area contributed by atoms with Crippen molar-refractivity contribution in [2.75, 3.05) is 19.0 Å². The lowest BCUT2D eigenvalue weighted by atomic mass is 10.2. The van der Waals surface area contributed by atoms with Gasteiger partial charge in [0.05, 0.1) is 11.4 Å². The largest absolute Gasteiger partial charge is 0.457 e. The standard InChI is InChI=1S/C15H18FN3O2/c1-10-12(8-19(4)17-10)15(20)21-9-11-5-6-14(18(2)3)13(16)7-11/h5-8H,9H2,1-4H3. The maximum absolute atomic E-state index is 13.8. The molecule has 0 radical (unpaired) electrons. The van der Waals surface area contributed by atoms with Crippen LogP contribution < -0.4 is 4.90 Å². The number of ether oxygens (including phenoxy) is 1. The summed E-state index contributed by atoms with van der Waals surface area (Å²) in [6, 6.07) is 4.77. The number of aryl methyl sites for hydroxylation is 2. The molecule has 6 heteroatoms. The Morgan fingerprint density at radius 3 is 2.67 bits per heavy atom. The van der Waals surface area contributed by atoms with Crippen molar-refractivity contribution in [1.82, 2.24) is 9.78 Å². The summed E-state index contributed by atoms with van der Waals surface area (Å²) in [5.41, 5.74) is 2.13. The van der Waals surface area contributed by atoms with Crippen LogP contribution in [0.3, 0.4) is 0 Å². The van der Waals surface area contributed by atoms with Gasteiger partial charge in [-0.15, -0.1) is 0 Å². The fraction of sp³-hybridized carbons (Fsp3) is 0.333. The van der Waals surface area contributed by atoms with Crippen LogP contribution in [0.2, 0.25) is 0 Å². The molecule has 0 bridgehead atoms. The van der Waals surface area contributed by atoms with Crippen molar-refractivity contribution < 1.29 is 13.9 Å². The highest BCUT2D eigenvalue weighted by Crippen LogP contribution is 2.19. The summed E-state index contributed by atoms with van der Waals surface area (Å²) >= 11 is 0. The number of esters is 1. The second-order valence-electron chi connectivity index (χ2n) is 5.06. The van der Waals surface area contributed by atoms with Crippen molar-refractivity contribution in [3.63, 3.8) is 0 Å². The Morgan fingerprint density at radius 2 is 2.14 bits per heavy atom. The average Bonchev–Trinajstić information content (AvgIpc) is 2.74. The summed E-state index contributed by atoms with van der Waals surface area (Å²) in [5, 5.41) is 4.08. The zero-order valence-corrected chi connectivity index (χ0v) is 12.6. The molecule has 1 aromatic heterocycles. The molecule has 0 aliphatic heterocycles. The molecule has 0 amide bonds. The van der Waals surface area contributed by atoms with E-state index in [1.54, 1.807) is 56.0 Å². The molecule has 0 fully saturated rings. The number of benzene rings is 1. The first-order chi connectivity index (χ1) is 9.88. The highest BCUT2D eigenvalue weighted by molar-refractivity contribution is 5.90. The number of anilines is 1. The number of aromatic nitrogens is 2. The van der Waals surface area contributed by atoms with Crippen molar-refractivity contribution in [3.8, 4) is 0 Å². The summed E-state index contributed by atoms with van der Waals surface area (Å²) in [6.07, 6.45) is 1.60. The van der Waals surface area contributed by atoms with E-state index in [0.29, 0.717) is 22.5 Å². The van der Waals surface area contributed by atoms with Crippen LogP contribution in [0.5, 0.6) is 0 Å². The van der Waals surface area contributed by atoms with Crippen LogP contribution in [0, 0.1) is 12.7 Å². The molecule has 0 atom stereocenters. The number of nitrogens with zero attached hydrogens (tertiary/aromatic N) is 3. The Bertz CT molecular complexity index is 665.